The molecule has 7 heteroatoms. The molecule has 0 atom stereocenters. The molecule has 0 fully saturated rings. The van der Waals surface area contributed by atoms with E-state index in [-0.39, 0.29) is 10.2 Å². The standard InChI is InChI=1S/C20H11N3O3S/c24-18-16-12(7-8-21-17(16)22-20(27)23-18)14-9-13-11-4-2-1-3-10(11)5-6-15(13)26-19(14)25/h1-9H,(H2,21,22,23,24,27). The van der Waals surface area contributed by atoms with Gasteiger partial charge in [-0.05, 0) is 41.2 Å². The predicted octanol–water partition coefficient (Wildman–Crippen LogP) is 3.91. The maximum absolute atomic E-state index is 12.7. The molecule has 3 heterocycles. The second-order valence-electron chi connectivity index (χ2n) is 6.14. The quantitative estimate of drug-likeness (QED) is 0.264. The van der Waals surface area contributed by atoms with E-state index in [2.05, 4.69) is 15.0 Å². The van der Waals surface area contributed by atoms with Crippen LogP contribution in [0.3, 0.4) is 0 Å². The summed E-state index contributed by atoms with van der Waals surface area (Å²) in [4.78, 5) is 34.7. The van der Waals surface area contributed by atoms with E-state index >= 15 is 0 Å². The Morgan fingerprint density at radius 1 is 0.926 bits per heavy atom. The number of hydrogen-bond donors (Lipinski definition) is 2. The van der Waals surface area contributed by atoms with Crippen molar-refractivity contribution in [3.05, 3.63) is 80.3 Å². The average Bonchev–Trinajstić information content (AvgIpc) is 2.66. The van der Waals surface area contributed by atoms with Gasteiger partial charge in [-0.2, -0.15) is 0 Å². The number of pyridine rings is 1. The molecule has 0 aliphatic heterocycles. The Morgan fingerprint density at radius 3 is 2.67 bits per heavy atom. The Hall–Kier alpha value is -3.58. The van der Waals surface area contributed by atoms with Crippen LogP contribution in [-0.2, 0) is 0 Å². The Morgan fingerprint density at radius 2 is 1.78 bits per heavy atom. The monoisotopic (exact) mass is 373 g/mol. The average molecular weight is 373 g/mol. The van der Waals surface area contributed by atoms with E-state index in [1.54, 1.807) is 18.2 Å². The molecule has 0 aliphatic rings. The van der Waals surface area contributed by atoms with Crippen molar-refractivity contribution in [2.24, 2.45) is 0 Å². The number of H-pyrrole nitrogens is 2. The zero-order valence-electron chi connectivity index (χ0n) is 13.8. The lowest BCUT2D eigenvalue weighted by atomic mass is 10.0. The molecular weight excluding hydrogens is 362 g/mol. The van der Waals surface area contributed by atoms with Gasteiger partial charge in [0, 0.05) is 17.1 Å². The summed E-state index contributed by atoms with van der Waals surface area (Å²) in [5.74, 6) is 0. The fourth-order valence-electron chi connectivity index (χ4n) is 3.37. The summed E-state index contributed by atoms with van der Waals surface area (Å²) in [5.41, 5.74) is 0.618. The number of rotatable bonds is 1. The van der Waals surface area contributed by atoms with Crippen molar-refractivity contribution in [1.29, 1.82) is 0 Å². The molecule has 6 nitrogen and oxygen atoms in total. The van der Waals surface area contributed by atoms with Crippen molar-refractivity contribution >= 4 is 45.0 Å². The van der Waals surface area contributed by atoms with Gasteiger partial charge >= 0.3 is 5.63 Å². The van der Waals surface area contributed by atoms with Crippen LogP contribution in [0.25, 0.3) is 43.9 Å². The first-order valence-electron chi connectivity index (χ1n) is 8.19. The molecule has 0 bridgehead atoms. The zero-order chi connectivity index (χ0) is 18.5. The van der Waals surface area contributed by atoms with Gasteiger partial charge in [0.05, 0.1) is 10.9 Å². The molecule has 0 radical (unpaired) electrons. The van der Waals surface area contributed by atoms with Crippen molar-refractivity contribution in [3.63, 3.8) is 0 Å². The van der Waals surface area contributed by atoms with Crippen LogP contribution in [0, 0.1) is 4.77 Å². The molecule has 27 heavy (non-hydrogen) atoms. The third kappa shape index (κ3) is 2.40. The van der Waals surface area contributed by atoms with Gasteiger partial charge < -0.3 is 9.40 Å². The molecule has 0 amide bonds. The maximum atomic E-state index is 12.7. The highest BCUT2D eigenvalue weighted by atomic mass is 32.1. The first-order valence-corrected chi connectivity index (χ1v) is 8.60. The van der Waals surface area contributed by atoms with E-state index in [4.69, 9.17) is 16.6 Å². The predicted molar refractivity (Wildman–Crippen MR) is 107 cm³/mol. The second-order valence-corrected chi connectivity index (χ2v) is 6.54. The summed E-state index contributed by atoms with van der Waals surface area (Å²) in [6, 6.07) is 14.9. The van der Waals surface area contributed by atoms with Crippen LogP contribution in [0.5, 0.6) is 0 Å². The Labute approximate surface area is 156 Å². The van der Waals surface area contributed by atoms with Crippen LogP contribution in [-0.4, -0.2) is 15.0 Å². The van der Waals surface area contributed by atoms with Crippen LogP contribution < -0.4 is 11.2 Å². The van der Waals surface area contributed by atoms with Gasteiger partial charge in [0.15, 0.2) is 4.77 Å². The third-order valence-corrected chi connectivity index (χ3v) is 4.77. The molecule has 0 saturated heterocycles. The van der Waals surface area contributed by atoms with Crippen LogP contribution in [0.2, 0.25) is 0 Å². The van der Waals surface area contributed by atoms with E-state index in [1.807, 2.05) is 30.3 Å². The van der Waals surface area contributed by atoms with Crippen molar-refractivity contribution in [2.75, 3.05) is 0 Å². The van der Waals surface area contributed by atoms with Crippen molar-refractivity contribution < 1.29 is 4.42 Å². The normalized spacial score (nSPS) is 11.4. The largest absolute Gasteiger partial charge is 0.422 e. The fraction of sp³-hybridized carbons (Fsp3) is 0. The Bertz CT molecular complexity index is 1550. The Balaban J connectivity index is 1.94. The lowest BCUT2D eigenvalue weighted by Crippen LogP contribution is -2.12. The molecule has 0 saturated carbocycles. The minimum absolute atomic E-state index is 0.175. The first kappa shape index (κ1) is 15.7. The van der Waals surface area contributed by atoms with Crippen LogP contribution >= 0.6 is 12.2 Å². The van der Waals surface area contributed by atoms with Gasteiger partial charge in [-0.3, -0.25) is 9.78 Å². The molecule has 130 valence electrons. The van der Waals surface area contributed by atoms with E-state index in [0.29, 0.717) is 22.4 Å². The van der Waals surface area contributed by atoms with Crippen LogP contribution in [0.1, 0.15) is 0 Å². The molecule has 0 spiro atoms. The number of nitrogens with zero attached hydrogens (tertiary/aromatic N) is 1. The van der Waals surface area contributed by atoms with E-state index in [1.165, 1.54) is 6.20 Å². The van der Waals surface area contributed by atoms with Crippen molar-refractivity contribution in [3.8, 4) is 11.1 Å². The highest BCUT2D eigenvalue weighted by molar-refractivity contribution is 7.71. The van der Waals surface area contributed by atoms with Gasteiger partial charge in [0.1, 0.15) is 11.2 Å². The van der Waals surface area contributed by atoms with Gasteiger partial charge in [0.25, 0.3) is 5.56 Å². The number of nitrogens with one attached hydrogen (secondary N) is 2. The van der Waals surface area contributed by atoms with Gasteiger partial charge in [-0.1, -0.05) is 30.3 Å². The number of fused-ring (bicyclic) bond motifs is 4. The van der Waals surface area contributed by atoms with E-state index in [0.717, 1.165) is 16.2 Å². The van der Waals surface area contributed by atoms with Crippen LogP contribution in [0.4, 0.5) is 0 Å². The minimum Gasteiger partial charge on any atom is -0.422 e. The fourth-order valence-corrected chi connectivity index (χ4v) is 3.56. The number of benzene rings is 2. The smallest absolute Gasteiger partial charge is 0.344 e. The van der Waals surface area contributed by atoms with E-state index < -0.39 is 11.2 Å². The molecule has 3 aromatic heterocycles. The number of hydrogen-bond acceptors (Lipinski definition) is 5. The van der Waals surface area contributed by atoms with E-state index in [9.17, 15) is 9.59 Å². The molecule has 0 unspecified atom stereocenters. The molecular formula is C20H11N3O3S. The van der Waals surface area contributed by atoms with Crippen LogP contribution in [0.15, 0.2) is 68.7 Å². The van der Waals surface area contributed by atoms with Crippen molar-refractivity contribution in [1.82, 2.24) is 15.0 Å². The zero-order valence-corrected chi connectivity index (χ0v) is 14.6. The lowest BCUT2D eigenvalue weighted by molar-refractivity contribution is 0.564. The highest BCUT2D eigenvalue weighted by Gasteiger charge is 2.15. The summed E-state index contributed by atoms with van der Waals surface area (Å²) < 4.78 is 5.72. The molecule has 5 aromatic rings. The topological polar surface area (TPSA) is 91.8 Å². The minimum atomic E-state index is -0.521. The third-order valence-electron chi connectivity index (χ3n) is 4.57. The first-order chi connectivity index (χ1) is 13.1. The summed E-state index contributed by atoms with van der Waals surface area (Å²) in [7, 11) is 0. The molecule has 5 rings (SSSR count). The SMILES string of the molecule is O=c1oc2ccc3ccccc3c2cc1-c1ccnc2[nH]c(=S)[nH]c(=O)c12. The molecule has 2 N–H and O–H groups in total. The summed E-state index contributed by atoms with van der Waals surface area (Å²) >= 11 is 5.00. The van der Waals surface area contributed by atoms with Gasteiger partial charge in [0.2, 0.25) is 0 Å². The molecule has 2 aromatic carbocycles. The molecule has 0 aliphatic carbocycles. The lowest BCUT2D eigenvalue weighted by Gasteiger charge is -2.07. The second kappa shape index (κ2) is 5.72. The Kier molecular flexibility index (Phi) is 3.32. The summed E-state index contributed by atoms with van der Waals surface area (Å²) in [6.45, 7) is 0. The van der Waals surface area contributed by atoms with Gasteiger partial charge in [-0.15, -0.1) is 0 Å². The number of aromatic nitrogens is 3. The maximum Gasteiger partial charge on any atom is 0.344 e. The summed E-state index contributed by atoms with van der Waals surface area (Å²) in [5, 5.41) is 3.06. The highest BCUT2D eigenvalue weighted by Crippen LogP contribution is 2.29. The number of aromatic amines is 2. The van der Waals surface area contributed by atoms with Gasteiger partial charge in [-0.25, -0.2) is 9.78 Å². The summed E-state index contributed by atoms with van der Waals surface area (Å²) in [6.07, 6.45) is 1.52. The van der Waals surface area contributed by atoms with Crippen molar-refractivity contribution in [2.45, 2.75) is 0 Å².